The largest absolute Gasteiger partial charge is 0.396 e. The molecule has 0 aliphatic carbocycles. The van der Waals surface area contributed by atoms with Crippen LogP contribution in [0, 0.1) is 5.41 Å². The highest BCUT2D eigenvalue weighted by Gasteiger charge is 2.24. The summed E-state index contributed by atoms with van der Waals surface area (Å²) in [5.41, 5.74) is 6.50. The number of nitrogens with zero attached hydrogens (tertiary/aromatic N) is 2. The molecular formula is C12H22N4O. The predicted molar refractivity (Wildman–Crippen MR) is 68.7 cm³/mol. The number of anilines is 1. The molecule has 0 radical (unpaired) electrons. The van der Waals surface area contributed by atoms with E-state index in [2.05, 4.69) is 31.2 Å². The SMILES string of the molecule is CCn1cc(N)c(C(=O)NC(C)C(C)(C)C)n1. The van der Waals surface area contributed by atoms with Gasteiger partial charge in [-0.05, 0) is 19.3 Å². The molecule has 1 unspecified atom stereocenters. The lowest BCUT2D eigenvalue weighted by atomic mass is 9.88. The Kier molecular flexibility index (Phi) is 3.80. The van der Waals surface area contributed by atoms with Crippen molar-refractivity contribution in [2.75, 3.05) is 5.73 Å². The minimum absolute atomic E-state index is 0.0117. The van der Waals surface area contributed by atoms with E-state index in [0.717, 1.165) is 0 Å². The standard InChI is InChI=1S/C12H22N4O/c1-6-16-7-9(13)10(15-16)11(17)14-8(2)12(3,4)5/h7-8H,6,13H2,1-5H3,(H,14,17). The van der Waals surface area contributed by atoms with E-state index in [9.17, 15) is 4.79 Å². The molecule has 0 spiro atoms. The van der Waals surface area contributed by atoms with Gasteiger partial charge >= 0.3 is 0 Å². The third kappa shape index (κ3) is 3.22. The Morgan fingerprint density at radius 2 is 2.18 bits per heavy atom. The fraction of sp³-hybridized carbons (Fsp3) is 0.667. The number of rotatable bonds is 3. The molecular weight excluding hydrogens is 216 g/mol. The third-order valence-corrected chi connectivity index (χ3v) is 2.98. The lowest BCUT2D eigenvalue weighted by Gasteiger charge is -2.27. The first-order valence-corrected chi connectivity index (χ1v) is 5.89. The molecule has 0 aliphatic heterocycles. The molecule has 1 rings (SSSR count). The highest BCUT2D eigenvalue weighted by Crippen LogP contribution is 2.19. The van der Waals surface area contributed by atoms with Crippen LogP contribution in [-0.2, 0) is 6.54 Å². The second-order valence-electron chi connectivity index (χ2n) is 5.35. The van der Waals surface area contributed by atoms with Crippen molar-refractivity contribution in [1.29, 1.82) is 0 Å². The Balaban J connectivity index is 2.80. The molecule has 1 aromatic rings. The first-order valence-electron chi connectivity index (χ1n) is 5.89. The van der Waals surface area contributed by atoms with Crippen LogP contribution >= 0.6 is 0 Å². The summed E-state index contributed by atoms with van der Waals surface area (Å²) in [6, 6.07) is 0.0566. The fourth-order valence-corrected chi connectivity index (χ4v) is 1.26. The lowest BCUT2D eigenvalue weighted by molar-refractivity contribution is 0.0905. The predicted octanol–water partition coefficient (Wildman–Crippen LogP) is 1.65. The van der Waals surface area contributed by atoms with E-state index in [1.807, 2.05) is 13.8 Å². The van der Waals surface area contributed by atoms with E-state index >= 15 is 0 Å². The summed E-state index contributed by atoms with van der Waals surface area (Å²) in [6.07, 6.45) is 1.68. The average molecular weight is 238 g/mol. The van der Waals surface area contributed by atoms with Crippen LogP contribution in [0.4, 0.5) is 5.69 Å². The maximum Gasteiger partial charge on any atom is 0.274 e. The smallest absolute Gasteiger partial charge is 0.274 e. The van der Waals surface area contributed by atoms with Gasteiger partial charge < -0.3 is 11.1 Å². The van der Waals surface area contributed by atoms with Gasteiger partial charge in [-0.3, -0.25) is 9.48 Å². The molecule has 1 heterocycles. The summed E-state index contributed by atoms with van der Waals surface area (Å²) in [4.78, 5) is 12.0. The van der Waals surface area contributed by atoms with Crippen LogP contribution in [0.15, 0.2) is 6.20 Å². The van der Waals surface area contributed by atoms with Gasteiger partial charge in [-0.2, -0.15) is 5.10 Å². The van der Waals surface area contributed by atoms with E-state index < -0.39 is 0 Å². The molecule has 0 bridgehead atoms. The molecule has 1 atom stereocenters. The summed E-state index contributed by atoms with van der Waals surface area (Å²) < 4.78 is 1.66. The van der Waals surface area contributed by atoms with Crippen molar-refractivity contribution in [2.45, 2.75) is 47.2 Å². The number of carbonyl (C=O) groups is 1. The Bertz CT molecular complexity index is 403. The molecule has 5 nitrogen and oxygen atoms in total. The van der Waals surface area contributed by atoms with Crippen LogP contribution in [0.25, 0.3) is 0 Å². The Morgan fingerprint density at radius 1 is 1.59 bits per heavy atom. The van der Waals surface area contributed by atoms with Crippen molar-refractivity contribution in [1.82, 2.24) is 15.1 Å². The topological polar surface area (TPSA) is 72.9 Å². The van der Waals surface area contributed by atoms with Crippen molar-refractivity contribution < 1.29 is 4.79 Å². The van der Waals surface area contributed by atoms with Gasteiger partial charge in [-0.1, -0.05) is 20.8 Å². The monoisotopic (exact) mass is 238 g/mol. The Morgan fingerprint density at radius 3 is 2.59 bits per heavy atom. The quantitative estimate of drug-likeness (QED) is 0.841. The van der Waals surface area contributed by atoms with Crippen molar-refractivity contribution in [3.63, 3.8) is 0 Å². The van der Waals surface area contributed by atoms with Gasteiger partial charge in [0.1, 0.15) is 0 Å². The van der Waals surface area contributed by atoms with E-state index in [1.165, 1.54) is 0 Å². The number of hydrogen-bond acceptors (Lipinski definition) is 3. The number of aryl methyl sites for hydroxylation is 1. The zero-order valence-electron chi connectivity index (χ0n) is 11.2. The summed E-state index contributed by atoms with van der Waals surface area (Å²) in [5, 5.41) is 7.06. The van der Waals surface area contributed by atoms with Gasteiger partial charge in [-0.25, -0.2) is 0 Å². The van der Waals surface area contributed by atoms with Crippen LogP contribution in [0.2, 0.25) is 0 Å². The number of carbonyl (C=O) groups excluding carboxylic acids is 1. The zero-order chi connectivity index (χ0) is 13.2. The number of aromatic nitrogens is 2. The highest BCUT2D eigenvalue weighted by molar-refractivity contribution is 5.97. The Labute approximate surface area is 102 Å². The summed E-state index contributed by atoms with van der Waals surface area (Å²) in [7, 11) is 0. The number of hydrogen-bond donors (Lipinski definition) is 2. The van der Waals surface area contributed by atoms with Crippen molar-refractivity contribution >= 4 is 11.6 Å². The normalized spacial score (nSPS) is 13.5. The van der Waals surface area contributed by atoms with Gasteiger partial charge in [0.05, 0.1) is 5.69 Å². The van der Waals surface area contributed by atoms with Crippen molar-refractivity contribution in [3.05, 3.63) is 11.9 Å². The lowest BCUT2D eigenvalue weighted by Crippen LogP contribution is -2.41. The summed E-state index contributed by atoms with van der Waals surface area (Å²) in [5.74, 6) is -0.211. The maximum atomic E-state index is 12.0. The second kappa shape index (κ2) is 4.77. The van der Waals surface area contributed by atoms with Crippen LogP contribution in [0.3, 0.4) is 0 Å². The number of nitrogens with two attached hydrogens (primary N) is 1. The minimum Gasteiger partial charge on any atom is -0.396 e. The van der Waals surface area contributed by atoms with E-state index in [0.29, 0.717) is 17.9 Å². The van der Waals surface area contributed by atoms with E-state index in [-0.39, 0.29) is 17.4 Å². The molecule has 5 heteroatoms. The van der Waals surface area contributed by atoms with Crippen LogP contribution in [0.1, 0.15) is 45.1 Å². The van der Waals surface area contributed by atoms with Crippen molar-refractivity contribution in [3.8, 4) is 0 Å². The molecule has 0 saturated carbocycles. The Hall–Kier alpha value is -1.52. The van der Waals surface area contributed by atoms with Gasteiger partial charge in [-0.15, -0.1) is 0 Å². The zero-order valence-corrected chi connectivity index (χ0v) is 11.2. The molecule has 96 valence electrons. The van der Waals surface area contributed by atoms with E-state index in [1.54, 1.807) is 10.9 Å². The van der Waals surface area contributed by atoms with Crippen molar-refractivity contribution in [2.24, 2.45) is 5.41 Å². The van der Waals surface area contributed by atoms with Crippen LogP contribution < -0.4 is 11.1 Å². The maximum absolute atomic E-state index is 12.0. The molecule has 0 aliphatic rings. The molecule has 0 fully saturated rings. The first-order chi connectivity index (χ1) is 7.75. The molecule has 17 heavy (non-hydrogen) atoms. The van der Waals surface area contributed by atoms with Crippen LogP contribution in [-0.4, -0.2) is 21.7 Å². The average Bonchev–Trinajstić information content (AvgIpc) is 2.58. The second-order valence-corrected chi connectivity index (χ2v) is 5.35. The molecule has 1 aromatic heterocycles. The highest BCUT2D eigenvalue weighted by atomic mass is 16.2. The molecule has 1 amide bonds. The fourth-order valence-electron chi connectivity index (χ4n) is 1.26. The molecule has 0 saturated heterocycles. The van der Waals surface area contributed by atoms with E-state index in [4.69, 9.17) is 5.73 Å². The third-order valence-electron chi connectivity index (χ3n) is 2.98. The number of nitrogens with one attached hydrogen (secondary N) is 1. The molecule has 3 N–H and O–H groups in total. The number of amides is 1. The van der Waals surface area contributed by atoms with Gasteiger partial charge in [0.25, 0.3) is 5.91 Å². The van der Waals surface area contributed by atoms with Gasteiger partial charge in [0.2, 0.25) is 0 Å². The number of nitrogen functional groups attached to an aromatic ring is 1. The summed E-state index contributed by atoms with van der Waals surface area (Å²) in [6.45, 7) is 10.9. The first kappa shape index (κ1) is 13.5. The molecule has 0 aromatic carbocycles. The van der Waals surface area contributed by atoms with Gasteiger partial charge in [0.15, 0.2) is 5.69 Å². The van der Waals surface area contributed by atoms with Crippen LogP contribution in [0.5, 0.6) is 0 Å². The van der Waals surface area contributed by atoms with Gasteiger partial charge in [0, 0.05) is 18.8 Å². The minimum atomic E-state index is -0.211. The summed E-state index contributed by atoms with van der Waals surface area (Å²) >= 11 is 0.